The lowest BCUT2D eigenvalue weighted by atomic mass is 10.1. The van der Waals surface area contributed by atoms with Gasteiger partial charge in [-0.25, -0.2) is 0 Å². The van der Waals surface area contributed by atoms with Gasteiger partial charge in [0.2, 0.25) is 11.8 Å². The lowest BCUT2D eigenvalue weighted by molar-refractivity contribution is -0.131. The van der Waals surface area contributed by atoms with Gasteiger partial charge in [-0.3, -0.25) is 19.6 Å². The number of amides is 2. The first-order valence-electron chi connectivity index (χ1n) is 7.98. The van der Waals surface area contributed by atoms with E-state index in [2.05, 4.69) is 15.3 Å². The van der Waals surface area contributed by atoms with Crippen LogP contribution in [-0.2, 0) is 16.0 Å². The Labute approximate surface area is 137 Å². The molecule has 0 saturated carbocycles. The minimum Gasteiger partial charge on any atom is -0.349 e. The van der Waals surface area contributed by atoms with Crippen molar-refractivity contribution in [3.05, 3.63) is 23.8 Å². The van der Waals surface area contributed by atoms with Crippen LogP contribution in [0.2, 0.25) is 0 Å². The van der Waals surface area contributed by atoms with Gasteiger partial charge in [0.05, 0.1) is 30.2 Å². The average molecular weight is 319 g/mol. The van der Waals surface area contributed by atoms with E-state index in [1.165, 1.54) is 0 Å². The molecule has 1 fully saturated rings. The van der Waals surface area contributed by atoms with Gasteiger partial charge in [-0.1, -0.05) is 0 Å². The number of likely N-dealkylation sites (N-methyl/N-ethyl adjacent to an activating group) is 1. The molecular weight excluding hydrogens is 294 g/mol. The maximum atomic E-state index is 12.2. The van der Waals surface area contributed by atoms with Gasteiger partial charge in [0.25, 0.3) is 0 Å². The van der Waals surface area contributed by atoms with Gasteiger partial charge >= 0.3 is 0 Å². The maximum Gasteiger partial charge on any atom is 0.237 e. The van der Waals surface area contributed by atoms with Crippen molar-refractivity contribution in [3.63, 3.8) is 0 Å². The average Bonchev–Trinajstić information content (AvgIpc) is 3.02. The zero-order valence-electron chi connectivity index (χ0n) is 14.1. The van der Waals surface area contributed by atoms with Gasteiger partial charge in [0.15, 0.2) is 0 Å². The van der Waals surface area contributed by atoms with Crippen molar-refractivity contribution in [2.24, 2.45) is 0 Å². The van der Waals surface area contributed by atoms with Crippen molar-refractivity contribution in [1.29, 1.82) is 0 Å². The molecule has 1 saturated heterocycles. The Bertz CT molecular complexity index is 561. The second-order valence-corrected chi connectivity index (χ2v) is 6.00. The Morgan fingerprint density at radius 3 is 2.87 bits per heavy atom. The SMILES string of the molecule is CNCC(=O)N1CCC[C@H]1c1cncc(CCC(=O)N(C)C)n1. The third-order valence-corrected chi connectivity index (χ3v) is 4.04. The molecule has 0 aliphatic carbocycles. The summed E-state index contributed by atoms with van der Waals surface area (Å²) in [4.78, 5) is 36.2. The molecule has 2 amide bonds. The first kappa shape index (κ1) is 17.3. The lowest BCUT2D eigenvalue weighted by Crippen LogP contribution is -2.37. The molecule has 126 valence electrons. The van der Waals surface area contributed by atoms with E-state index in [0.717, 1.165) is 30.8 Å². The molecule has 1 atom stereocenters. The monoisotopic (exact) mass is 319 g/mol. The molecule has 1 aliphatic rings. The molecule has 1 N–H and O–H groups in total. The van der Waals surface area contributed by atoms with Crippen LogP contribution in [-0.4, -0.2) is 65.8 Å². The fourth-order valence-electron chi connectivity index (χ4n) is 2.79. The number of aryl methyl sites for hydroxylation is 1. The van der Waals surface area contributed by atoms with Gasteiger partial charge in [0.1, 0.15) is 0 Å². The second-order valence-electron chi connectivity index (χ2n) is 6.00. The number of aromatic nitrogens is 2. The Balaban J connectivity index is 2.06. The number of carbonyl (C=O) groups is 2. The Hall–Kier alpha value is -2.02. The molecule has 7 heteroatoms. The first-order valence-corrected chi connectivity index (χ1v) is 7.98. The zero-order valence-corrected chi connectivity index (χ0v) is 14.1. The van der Waals surface area contributed by atoms with Crippen molar-refractivity contribution >= 4 is 11.8 Å². The van der Waals surface area contributed by atoms with Crippen LogP contribution in [0.4, 0.5) is 0 Å². The van der Waals surface area contributed by atoms with Crippen LogP contribution >= 0.6 is 0 Å². The largest absolute Gasteiger partial charge is 0.349 e. The van der Waals surface area contributed by atoms with Crippen LogP contribution < -0.4 is 5.32 Å². The van der Waals surface area contributed by atoms with Gasteiger partial charge < -0.3 is 15.1 Å². The highest BCUT2D eigenvalue weighted by molar-refractivity contribution is 5.79. The molecule has 0 spiro atoms. The molecular formula is C16H25N5O2. The van der Waals surface area contributed by atoms with Crippen LogP contribution in [0.15, 0.2) is 12.4 Å². The summed E-state index contributed by atoms with van der Waals surface area (Å²) >= 11 is 0. The Kier molecular flexibility index (Phi) is 6.04. The number of rotatable bonds is 6. The number of nitrogens with one attached hydrogen (secondary N) is 1. The Morgan fingerprint density at radius 2 is 2.17 bits per heavy atom. The number of likely N-dealkylation sites (tertiary alicyclic amines) is 1. The summed E-state index contributed by atoms with van der Waals surface area (Å²) in [7, 11) is 5.26. The third-order valence-electron chi connectivity index (χ3n) is 4.04. The molecule has 1 aliphatic heterocycles. The van der Waals surface area contributed by atoms with E-state index >= 15 is 0 Å². The van der Waals surface area contributed by atoms with E-state index in [1.54, 1.807) is 38.4 Å². The second kappa shape index (κ2) is 8.01. The van der Waals surface area contributed by atoms with E-state index in [-0.39, 0.29) is 17.9 Å². The van der Waals surface area contributed by atoms with Crippen LogP contribution in [0.3, 0.4) is 0 Å². The topological polar surface area (TPSA) is 78.4 Å². The fourth-order valence-corrected chi connectivity index (χ4v) is 2.79. The third kappa shape index (κ3) is 4.48. The van der Waals surface area contributed by atoms with Gasteiger partial charge in [0, 0.05) is 33.3 Å². The van der Waals surface area contributed by atoms with Gasteiger partial charge in [-0.15, -0.1) is 0 Å². The number of nitrogens with zero attached hydrogens (tertiary/aromatic N) is 4. The van der Waals surface area contributed by atoms with Gasteiger partial charge in [-0.05, 0) is 26.3 Å². The first-order chi connectivity index (χ1) is 11.0. The summed E-state index contributed by atoms with van der Waals surface area (Å²) in [6.07, 6.45) is 6.29. The maximum absolute atomic E-state index is 12.2. The standard InChI is InChI=1S/C16H25N5O2/c1-17-11-16(23)21-8-4-5-14(21)13-10-18-9-12(19-13)6-7-15(22)20(2)3/h9-10,14,17H,4-8,11H2,1-3H3/t14-/m0/s1. The zero-order chi connectivity index (χ0) is 16.8. The molecule has 0 radical (unpaired) electrons. The van der Waals surface area contributed by atoms with Crippen molar-refractivity contribution in [2.45, 2.75) is 31.7 Å². The minimum absolute atomic E-state index is 0.00662. The normalized spacial score (nSPS) is 17.3. The van der Waals surface area contributed by atoms with Crippen LogP contribution in [0.5, 0.6) is 0 Å². The van der Waals surface area contributed by atoms with Crippen molar-refractivity contribution in [2.75, 3.05) is 34.2 Å². The summed E-state index contributed by atoms with van der Waals surface area (Å²) in [6, 6.07) is -0.00662. The van der Waals surface area contributed by atoms with E-state index in [1.807, 2.05) is 4.90 Å². The molecule has 2 heterocycles. The van der Waals surface area contributed by atoms with E-state index in [0.29, 0.717) is 19.4 Å². The fraction of sp³-hybridized carbons (Fsp3) is 0.625. The summed E-state index contributed by atoms with van der Waals surface area (Å²) < 4.78 is 0. The van der Waals surface area contributed by atoms with E-state index in [4.69, 9.17) is 0 Å². The predicted molar refractivity (Wildman–Crippen MR) is 86.7 cm³/mol. The predicted octanol–water partition coefficient (Wildman–Crippen LogP) is 0.380. The number of hydrogen-bond acceptors (Lipinski definition) is 5. The number of hydrogen-bond donors (Lipinski definition) is 1. The number of carbonyl (C=O) groups excluding carboxylic acids is 2. The quantitative estimate of drug-likeness (QED) is 0.820. The van der Waals surface area contributed by atoms with Crippen LogP contribution in [0.25, 0.3) is 0 Å². The molecule has 7 nitrogen and oxygen atoms in total. The molecule has 1 aromatic rings. The highest BCUT2D eigenvalue weighted by Gasteiger charge is 2.30. The molecule has 0 unspecified atom stereocenters. The molecule has 0 aromatic carbocycles. The molecule has 1 aromatic heterocycles. The van der Waals surface area contributed by atoms with Crippen molar-refractivity contribution < 1.29 is 9.59 Å². The smallest absolute Gasteiger partial charge is 0.237 e. The summed E-state index contributed by atoms with van der Waals surface area (Å²) in [6.45, 7) is 1.09. The summed E-state index contributed by atoms with van der Waals surface area (Å²) in [5.74, 6) is 0.161. The van der Waals surface area contributed by atoms with Crippen LogP contribution in [0.1, 0.15) is 36.7 Å². The summed E-state index contributed by atoms with van der Waals surface area (Å²) in [5.41, 5.74) is 1.62. The van der Waals surface area contributed by atoms with Crippen molar-refractivity contribution in [3.8, 4) is 0 Å². The molecule has 0 bridgehead atoms. The molecule has 23 heavy (non-hydrogen) atoms. The van der Waals surface area contributed by atoms with E-state index in [9.17, 15) is 9.59 Å². The van der Waals surface area contributed by atoms with Gasteiger partial charge in [-0.2, -0.15) is 0 Å². The Morgan fingerprint density at radius 1 is 1.39 bits per heavy atom. The minimum atomic E-state index is -0.00662. The van der Waals surface area contributed by atoms with E-state index < -0.39 is 0 Å². The summed E-state index contributed by atoms with van der Waals surface area (Å²) in [5, 5.41) is 2.90. The highest BCUT2D eigenvalue weighted by atomic mass is 16.2. The van der Waals surface area contributed by atoms with Crippen molar-refractivity contribution in [1.82, 2.24) is 25.1 Å². The highest BCUT2D eigenvalue weighted by Crippen LogP contribution is 2.30. The molecule has 2 rings (SSSR count). The van der Waals surface area contributed by atoms with Crippen LogP contribution in [0, 0.1) is 0 Å². The lowest BCUT2D eigenvalue weighted by Gasteiger charge is -2.24.